The lowest BCUT2D eigenvalue weighted by atomic mass is 9.97. The van der Waals surface area contributed by atoms with Crippen LogP contribution in [-0.4, -0.2) is 6.54 Å². The number of hydrogen-bond donors (Lipinski definition) is 1. The second kappa shape index (κ2) is 5.92. The zero-order valence-electron chi connectivity index (χ0n) is 11.6. The van der Waals surface area contributed by atoms with Crippen molar-refractivity contribution in [2.45, 2.75) is 13.0 Å². The lowest BCUT2D eigenvalue weighted by molar-refractivity contribution is 0.512. The Morgan fingerprint density at radius 2 is 1.76 bits per heavy atom. The molecule has 1 atom stereocenters. The summed E-state index contributed by atoms with van der Waals surface area (Å²) in [7, 11) is 0. The fraction of sp³-hybridized carbons (Fsp3) is 0.176. The van der Waals surface area contributed by atoms with E-state index in [1.165, 1.54) is 18.2 Å². The molecule has 3 aromatic rings. The van der Waals surface area contributed by atoms with Gasteiger partial charge in [0.05, 0.1) is 6.04 Å². The van der Waals surface area contributed by atoms with Gasteiger partial charge in [-0.05, 0) is 41.1 Å². The van der Waals surface area contributed by atoms with Crippen molar-refractivity contribution in [1.82, 2.24) is 5.32 Å². The number of halogens is 2. The Bertz CT molecular complexity index is 746. The Balaban J connectivity index is 2.18. The molecular weight excluding hydrogens is 288 g/mol. The van der Waals surface area contributed by atoms with Crippen molar-refractivity contribution in [1.29, 1.82) is 0 Å². The van der Waals surface area contributed by atoms with Crippen molar-refractivity contribution in [2.75, 3.05) is 6.54 Å². The zero-order chi connectivity index (χ0) is 14.8. The highest BCUT2D eigenvalue weighted by molar-refractivity contribution is 7.17. The molecule has 0 bridgehead atoms. The largest absolute Gasteiger partial charge is 0.306 e. The van der Waals surface area contributed by atoms with Gasteiger partial charge in [0.25, 0.3) is 0 Å². The van der Waals surface area contributed by atoms with Crippen LogP contribution in [0.2, 0.25) is 0 Å². The van der Waals surface area contributed by atoms with Crippen LogP contribution < -0.4 is 5.32 Å². The molecule has 0 aliphatic carbocycles. The van der Waals surface area contributed by atoms with Gasteiger partial charge in [0.1, 0.15) is 11.6 Å². The Kier molecular flexibility index (Phi) is 3.99. The molecule has 108 valence electrons. The van der Waals surface area contributed by atoms with E-state index in [2.05, 4.69) is 5.32 Å². The van der Waals surface area contributed by atoms with Gasteiger partial charge in [-0.3, -0.25) is 0 Å². The molecule has 1 N–H and O–H groups in total. The molecule has 2 aromatic carbocycles. The first kappa shape index (κ1) is 14.2. The van der Waals surface area contributed by atoms with E-state index in [9.17, 15) is 8.78 Å². The van der Waals surface area contributed by atoms with Gasteiger partial charge >= 0.3 is 0 Å². The molecular formula is C17H15F2NS. The number of thiophene rings is 1. The number of hydrogen-bond acceptors (Lipinski definition) is 2. The minimum Gasteiger partial charge on any atom is -0.306 e. The summed E-state index contributed by atoms with van der Waals surface area (Å²) in [6.45, 7) is 2.56. The molecule has 0 spiro atoms. The van der Waals surface area contributed by atoms with Crippen LogP contribution in [0.15, 0.2) is 47.8 Å². The molecule has 0 aliphatic rings. The Labute approximate surface area is 126 Å². The molecule has 0 radical (unpaired) electrons. The highest BCUT2D eigenvalue weighted by Gasteiger charge is 2.23. The van der Waals surface area contributed by atoms with Gasteiger partial charge in [0.15, 0.2) is 0 Å². The lowest BCUT2D eigenvalue weighted by Crippen LogP contribution is -2.23. The molecule has 0 aliphatic heterocycles. The first-order valence-corrected chi connectivity index (χ1v) is 7.73. The maximum Gasteiger partial charge on any atom is 0.131 e. The van der Waals surface area contributed by atoms with E-state index >= 15 is 0 Å². The maximum absolute atomic E-state index is 14.1. The third kappa shape index (κ3) is 2.57. The summed E-state index contributed by atoms with van der Waals surface area (Å²) in [4.78, 5) is 0. The molecule has 1 heterocycles. The van der Waals surface area contributed by atoms with Crippen molar-refractivity contribution in [3.63, 3.8) is 0 Å². The average molecular weight is 303 g/mol. The Morgan fingerprint density at radius 1 is 1.05 bits per heavy atom. The molecule has 3 rings (SSSR count). The van der Waals surface area contributed by atoms with E-state index in [-0.39, 0.29) is 5.56 Å². The van der Waals surface area contributed by atoms with Crippen molar-refractivity contribution in [3.8, 4) is 0 Å². The molecule has 0 saturated carbocycles. The third-order valence-corrected chi connectivity index (χ3v) is 4.50. The van der Waals surface area contributed by atoms with E-state index in [1.54, 1.807) is 11.3 Å². The summed E-state index contributed by atoms with van der Waals surface area (Å²) >= 11 is 1.59. The van der Waals surface area contributed by atoms with Gasteiger partial charge in [-0.1, -0.05) is 31.2 Å². The van der Waals surface area contributed by atoms with Gasteiger partial charge in [-0.2, -0.15) is 0 Å². The van der Waals surface area contributed by atoms with Gasteiger partial charge in [0.2, 0.25) is 0 Å². The number of fused-ring (bicyclic) bond motifs is 1. The first-order chi connectivity index (χ1) is 10.2. The molecule has 1 aromatic heterocycles. The van der Waals surface area contributed by atoms with E-state index in [0.717, 1.165) is 15.6 Å². The standard InChI is InChI=1S/C17H15F2NS/c1-2-20-17(16-13(18)7-5-8-14(16)19)12-10-21-15-9-4-3-6-11(12)15/h3-10,17,20H,2H2,1H3. The Hall–Kier alpha value is -1.78. The van der Waals surface area contributed by atoms with E-state index < -0.39 is 17.7 Å². The highest BCUT2D eigenvalue weighted by Crippen LogP contribution is 2.35. The van der Waals surface area contributed by atoms with E-state index in [4.69, 9.17) is 0 Å². The summed E-state index contributed by atoms with van der Waals surface area (Å²) < 4.78 is 29.4. The first-order valence-electron chi connectivity index (χ1n) is 6.85. The zero-order valence-corrected chi connectivity index (χ0v) is 12.4. The highest BCUT2D eigenvalue weighted by atomic mass is 32.1. The van der Waals surface area contributed by atoms with Gasteiger partial charge in [-0.15, -0.1) is 11.3 Å². The van der Waals surface area contributed by atoms with E-state index in [1.807, 2.05) is 36.6 Å². The molecule has 1 unspecified atom stereocenters. The predicted octanol–water partition coefficient (Wildman–Crippen LogP) is 4.88. The van der Waals surface area contributed by atoms with Crippen molar-refractivity contribution in [3.05, 3.63) is 70.6 Å². The fourth-order valence-electron chi connectivity index (χ4n) is 2.58. The molecule has 0 amide bonds. The summed E-state index contributed by atoms with van der Waals surface area (Å²) in [5, 5.41) is 6.22. The maximum atomic E-state index is 14.1. The minimum absolute atomic E-state index is 0.0860. The van der Waals surface area contributed by atoms with Crippen LogP contribution in [-0.2, 0) is 0 Å². The van der Waals surface area contributed by atoms with E-state index in [0.29, 0.717) is 6.54 Å². The monoisotopic (exact) mass is 303 g/mol. The second-order valence-electron chi connectivity index (χ2n) is 4.81. The fourth-order valence-corrected chi connectivity index (χ4v) is 3.57. The minimum atomic E-state index is -0.517. The topological polar surface area (TPSA) is 12.0 Å². The number of nitrogens with one attached hydrogen (secondary N) is 1. The summed E-state index contributed by atoms with van der Waals surface area (Å²) in [5.41, 5.74) is 1.00. The third-order valence-electron chi connectivity index (χ3n) is 3.52. The quantitative estimate of drug-likeness (QED) is 0.724. The van der Waals surface area contributed by atoms with Crippen LogP contribution >= 0.6 is 11.3 Å². The molecule has 0 fully saturated rings. The number of benzene rings is 2. The Morgan fingerprint density at radius 3 is 2.48 bits per heavy atom. The van der Waals surface area contributed by atoms with Crippen LogP contribution in [0.5, 0.6) is 0 Å². The summed E-state index contributed by atoms with van der Waals surface area (Å²) in [6.07, 6.45) is 0. The lowest BCUT2D eigenvalue weighted by Gasteiger charge is -2.19. The number of rotatable bonds is 4. The van der Waals surface area contributed by atoms with Crippen LogP contribution in [0.3, 0.4) is 0 Å². The SMILES string of the molecule is CCNC(c1c(F)cccc1F)c1csc2ccccc12. The van der Waals surface area contributed by atoms with Crippen molar-refractivity contribution in [2.24, 2.45) is 0 Å². The van der Waals surface area contributed by atoms with Crippen molar-refractivity contribution < 1.29 is 8.78 Å². The van der Waals surface area contributed by atoms with Crippen molar-refractivity contribution >= 4 is 21.4 Å². The van der Waals surface area contributed by atoms with Crippen LogP contribution in [0, 0.1) is 11.6 Å². The van der Waals surface area contributed by atoms with Crippen LogP contribution in [0.1, 0.15) is 24.1 Å². The smallest absolute Gasteiger partial charge is 0.131 e. The molecule has 1 nitrogen and oxygen atoms in total. The predicted molar refractivity (Wildman–Crippen MR) is 83.7 cm³/mol. The molecule has 21 heavy (non-hydrogen) atoms. The summed E-state index contributed by atoms with van der Waals surface area (Å²) in [6, 6.07) is 11.4. The normalized spacial score (nSPS) is 12.7. The van der Waals surface area contributed by atoms with Gasteiger partial charge in [-0.25, -0.2) is 8.78 Å². The second-order valence-corrected chi connectivity index (χ2v) is 5.72. The van der Waals surface area contributed by atoms with Gasteiger partial charge in [0, 0.05) is 10.3 Å². The van der Waals surface area contributed by atoms with Gasteiger partial charge < -0.3 is 5.32 Å². The average Bonchev–Trinajstić information content (AvgIpc) is 2.90. The van der Waals surface area contributed by atoms with Crippen LogP contribution in [0.25, 0.3) is 10.1 Å². The summed E-state index contributed by atoms with van der Waals surface area (Å²) in [5.74, 6) is -1.03. The molecule has 0 saturated heterocycles. The molecule has 4 heteroatoms. The van der Waals surface area contributed by atoms with Crippen LogP contribution in [0.4, 0.5) is 8.78 Å².